The molecule has 0 N–H and O–H groups in total. The molecule has 8 nitrogen and oxygen atoms in total. The number of anilines is 2. The van der Waals surface area contributed by atoms with Crippen molar-refractivity contribution in [3.8, 4) is 5.75 Å². The molecule has 2 amide bonds. The second-order valence-electron chi connectivity index (χ2n) is 7.68. The van der Waals surface area contributed by atoms with Gasteiger partial charge in [0, 0.05) is 44.7 Å². The zero-order chi connectivity index (χ0) is 22.9. The van der Waals surface area contributed by atoms with Crippen LogP contribution in [0.4, 0.5) is 15.8 Å². The first-order chi connectivity index (χ1) is 15.3. The van der Waals surface area contributed by atoms with Gasteiger partial charge in [-0.05, 0) is 48.9 Å². The van der Waals surface area contributed by atoms with E-state index in [-0.39, 0.29) is 59.9 Å². The lowest BCUT2D eigenvalue weighted by Gasteiger charge is -2.35. The molecule has 0 aliphatic carbocycles. The van der Waals surface area contributed by atoms with Gasteiger partial charge in [0.25, 0.3) is 0 Å². The number of imide groups is 1. The SMILES string of the molecule is COc1ccc(N2C(=O)CCCC2=O)cc1S(=O)(=O)N1CCN(c2ccc(F)cc2)CC1. The van der Waals surface area contributed by atoms with Crippen LogP contribution in [0.1, 0.15) is 19.3 Å². The molecule has 2 aliphatic heterocycles. The fraction of sp³-hybridized carbons (Fsp3) is 0.364. The van der Waals surface area contributed by atoms with Crippen LogP contribution >= 0.6 is 0 Å². The maximum atomic E-state index is 13.4. The number of sulfonamides is 1. The fourth-order valence-corrected chi connectivity index (χ4v) is 5.62. The van der Waals surface area contributed by atoms with E-state index < -0.39 is 10.0 Å². The summed E-state index contributed by atoms with van der Waals surface area (Å²) in [5.74, 6) is -0.871. The Bertz CT molecular complexity index is 1110. The summed E-state index contributed by atoms with van der Waals surface area (Å²) in [4.78, 5) is 27.6. The number of halogens is 1. The molecule has 0 bridgehead atoms. The summed E-state index contributed by atoms with van der Waals surface area (Å²) < 4.78 is 46.7. The highest BCUT2D eigenvalue weighted by Gasteiger charge is 2.33. The lowest BCUT2D eigenvalue weighted by Crippen LogP contribution is -2.48. The van der Waals surface area contributed by atoms with E-state index in [0.717, 1.165) is 10.6 Å². The van der Waals surface area contributed by atoms with E-state index in [4.69, 9.17) is 4.74 Å². The summed E-state index contributed by atoms with van der Waals surface area (Å²) in [6.45, 7) is 1.34. The minimum atomic E-state index is -3.94. The van der Waals surface area contributed by atoms with Crippen LogP contribution in [0.3, 0.4) is 0 Å². The number of ether oxygens (including phenoxy) is 1. The molecule has 2 fully saturated rings. The Balaban J connectivity index is 1.58. The molecule has 10 heteroatoms. The number of piperazine rings is 1. The van der Waals surface area contributed by atoms with Crippen LogP contribution in [0.25, 0.3) is 0 Å². The number of amides is 2. The van der Waals surface area contributed by atoms with Gasteiger partial charge in [-0.1, -0.05) is 0 Å². The zero-order valence-corrected chi connectivity index (χ0v) is 18.5. The van der Waals surface area contributed by atoms with E-state index in [0.29, 0.717) is 19.5 Å². The van der Waals surface area contributed by atoms with Crippen LogP contribution < -0.4 is 14.5 Å². The lowest BCUT2D eigenvalue weighted by molar-refractivity contribution is -0.129. The maximum absolute atomic E-state index is 13.4. The lowest BCUT2D eigenvalue weighted by atomic mass is 10.1. The van der Waals surface area contributed by atoms with Crippen LogP contribution in [0.5, 0.6) is 5.75 Å². The topological polar surface area (TPSA) is 87.2 Å². The molecule has 32 heavy (non-hydrogen) atoms. The van der Waals surface area contributed by atoms with Gasteiger partial charge in [-0.2, -0.15) is 4.31 Å². The van der Waals surface area contributed by atoms with Gasteiger partial charge in [0.2, 0.25) is 21.8 Å². The molecule has 0 saturated carbocycles. The summed E-state index contributed by atoms with van der Waals surface area (Å²) in [6.07, 6.45) is 0.976. The van der Waals surface area contributed by atoms with Crippen molar-refractivity contribution < 1.29 is 27.1 Å². The molecule has 170 valence electrons. The van der Waals surface area contributed by atoms with Gasteiger partial charge in [0.05, 0.1) is 12.8 Å². The Morgan fingerprint density at radius 1 is 0.875 bits per heavy atom. The molecule has 0 spiro atoms. The predicted molar refractivity (Wildman–Crippen MR) is 117 cm³/mol. The standard InChI is InChI=1S/C22H24FN3O5S/c1-31-19-10-9-18(26-21(27)3-2-4-22(26)28)15-20(19)32(29,30)25-13-11-24(12-14-25)17-7-5-16(23)6-8-17/h5-10,15H,2-4,11-14H2,1H3. The first-order valence-corrected chi connectivity index (χ1v) is 11.8. The number of nitrogens with zero attached hydrogens (tertiary/aromatic N) is 3. The number of carbonyl (C=O) groups is 2. The van der Waals surface area contributed by atoms with Crippen molar-refractivity contribution >= 4 is 33.2 Å². The van der Waals surface area contributed by atoms with Gasteiger partial charge < -0.3 is 9.64 Å². The summed E-state index contributed by atoms with van der Waals surface area (Å²) in [5, 5.41) is 0. The van der Waals surface area contributed by atoms with Crippen molar-refractivity contribution in [1.82, 2.24) is 4.31 Å². The van der Waals surface area contributed by atoms with E-state index in [1.54, 1.807) is 12.1 Å². The second kappa shape index (κ2) is 8.87. The van der Waals surface area contributed by atoms with E-state index >= 15 is 0 Å². The van der Waals surface area contributed by atoms with Gasteiger partial charge in [0.1, 0.15) is 16.5 Å². The molecule has 4 rings (SSSR count). The minimum absolute atomic E-state index is 0.0843. The van der Waals surface area contributed by atoms with Gasteiger partial charge in [-0.25, -0.2) is 12.8 Å². The highest BCUT2D eigenvalue weighted by molar-refractivity contribution is 7.89. The molecule has 2 saturated heterocycles. The average molecular weight is 462 g/mol. The van der Waals surface area contributed by atoms with Crippen molar-refractivity contribution in [2.45, 2.75) is 24.2 Å². The van der Waals surface area contributed by atoms with Crippen molar-refractivity contribution in [2.24, 2.45) is 0 Å². The number of benzene rings is 2. The fourth-order valence-electron chi connectivity index (χ4n) is 4.03. The Morgan fingerprint density at radius 3 is 2.06 bits per heavy atom. The molecule has 0 unspecified atom stereocenters. The van der Waals surface area contributed by atoms with Crippen molar-refractivity contribution in [3.05, 3.63) is 48.3 Å². The van der Waals surface area contributed by atoms with Gasteiger partial charge in [-0.3, -0.25) is 14.5 Å². The quantitative estimate of drug-likeness (QED) is 0.636. The molecule has 2 aliphatic rings. The van der Waals surface area contributed by atoms with Crippen LogP contribution in [0, 0.1) is 5.82 Å². The Labute approximate surface area is 186 Å². The van der Waals surface area contributed by atoms with Gasteiger partial charge in [0.15, 0.2) is 0 Å². The van der Waals surface area contributed by atoms with E-state index in [1.165, 1.54) is 41.7 Å². The molecule has 0 radical (unpaired) electrons. The van der Waals surface area contributed by atoms with Crippen molar-refractivity contribution in [3.63, 3.8) is 0 Å². The third-order valence-electron chi connectivity index (χ3n) is 5.73. The summed E-state index contributed by atoms with van der Waals surface area (Å²) >= 11 is 0. The monoisotopic (exact) mass is 461 g/mol. The Morgan fingerprint density at radius 2 is 1.47 bits per heavy atom. The van der Waals surface area contributed by atoms with E-state index in [9.17, 15) is 22.4 Å². The molecular weight excluding hydrogens is 437 g/mol. The first-order valence-electron chi connectivity index (χ1n) is 10.4. The smallest absolute Gasteiger partial charge is 0.246 e. The molecule has 2 heterocycles. The van der Waals surface area contributed by atoms with Crippen LogP contribution in [0.15, 0.2) is 47.4 Å². The maximum Gasteiger partial charge on any atom is 0.246 e. The van der Waals surface area contributed by atoms with Crippen LogP contribution in [0.2, 0.25) is 0 Å². The number of rotatable bonds is 5. The van der Waals surface area contributed by atoms with Crippen LogP contribution in [-0.2, 0) is 19.6 Å². The number of hydrogen-bond acceptors (Lipinski definition) is 6. The average Bonchev–Trinajstić information content (AvgIpc) is 2.79. The van der Waals surface area contributed by atoms with Crippen LogP contribution in [-0.4, -0.2) is 57.8 Å². The second-order valence-corrected chi connectivity index (χ2v) is 9.59. The number of piperidine rings is 1. The third kappa shape index (κ3) is 4.20. The predicted octanol–water partition coefficient (Wildman–Crippen LogP) is 2.39. The molecule has 0 aromatic heterocycles. The molecule has 2 aromatic carbocycles. The van der Waals surface area contributed by atoms with E-state index in [2.05, 4.69) is 0 Å². The highest BCUT2D eigenvalue weighted by Crippen LogP contribution is 2.33. The Kier molecular flexibility index (Phi) is 6.16. The largest absolute Gasteiger partial charge is 0.495 e. The van der Waals surface area contributed by atoms with E-state index in [1.807, 2.05) is 4.90 Å². The van der Waals surface area contributed by atoms with Crippen molar-refractivity contribution in [1.29, 1.82) is 0 Å². The summed E-state index contributed by atoms with van der Waals surface area (Å²) in [7, 11) is -2.57. The number of hydrogen-bond donors (Lipinski definition) is 0. The summed E-state index contributed by atoms with van der Waals surface area (Å²) in [6, 6.07) is 10.4. The normalized spacial score (nSPS) is 18.2. The third-order valence-corrected chi connectivity index (χ3v) is 7.65. The number of methoxy groups -OCH3 is 1. The molecule has 2 aromatic rings. The zero-order valence-electron chi connectivity index (χ0n) is 17.7. The number of carbonyl (C=O) groups excluding carboxylic acids is 2. The first kappa shape index (κ1) is 22.2. The summed E-state index contributed by atoms with van der Waals surface area (Å²) in [5.41, 5.74) is 1.05. The molecular formula is C22H24FN3O5S. The molecule has 0 atom stereocenters. The highest BCUT2D eigenvalue weighted by atomic mass is 32.2. The Hall–Kier alpha value is -2.98. The van der Waals surface area contributed by atoms with Gasteiger partial charge >= 0.3 is 0 Å². The van der Waals surface area contributed by atoms with Crippen molar-refractivity contribution in [2.75, 3.05) is 43.1 Å². The minimum Gasteiger partial charge on any atom is -0.495 e. The van der Waals surface area contributed by atoms with Gasteiger partial charge in [-0.15, -0.1) is 0 Å².